The largest absolute Gasteiger partial charge is 0.493 e. The van der Waals surface area contributed by atoms with Crippen molar-refractivity contribution in [3.05, 3.63) is 42.5 Å². The first kappa shape index (κ1) is 18.5. The van der Waals surface area contributed by atoms with Gasteiger partial charge in [-0.15, -0.1) is 12.4 Å². The molecule has 1 N–H and O–H groups in total. The Kier molecular flexibility index (Phi) is 5.82. The highest BCUT2D eigenvalue weighted by Crippen LogP contribution is 2.44. The van der Waals surface area contributed by atoms with Crippen LogP contribution in [0.25, 0.3) is 10.9 Å². The maximum absolute atomic E-state index is 13.9. The van der Waals surface area contributed by atoms with E-state index in [0.29, 0.717) is 39.7 Å². The van der Waals surface area contributed by atoms with Crippen molar-refractivity contribution < 1.29 is 18.6 Å². The molecule has 132 valence electrons. The zero-order valence-corrected chi connectivity index (χ0v) is 14.7. The summed E-state index contributed by atoms with van der Waals surface area (Å²) in [6.45, 7) is 0. The molecule has 0 saturated heterocycles. The van der Waals surface area contributed by atoms with Crippen LogP contribution in [0, 0.1) is 5.82 Å². The number of hydrogen-bond acceptors (Lipinski definition) is 6. The summed E-state index contributed by atoms with van der Waals surface area (Å²) in [5.74, 6) is 1.38. The van der Waals surface area contributed by atoms with Crippen molar-refractivity contribution in [2.24, 2.45) is 0 Å². The molecule has 1 heterocycles. The predicted octanol–water partition coefficient (Wildman–Crippen LogP) is 3.96. The fourth-order valence-electron chi connectivity index (χ4n) is 2.45. The van der Waals surface area contributed by atoms with Gasteiger partial charge in [-0.1, -0.05) is 12.1 Å². The van der Waals surface area contributed by atoms with E-state index in [0.717, 1.165) is 0 Å². The quantitative estimate of drug-likeness (QED) is 0.738. The second-order valence-corrected chi connectivity index (χ2v) is 4.87. The predicted molar refractivity (Wildman–Crippen MR) is 96.1 cm³/mol. The van der Waals surface area contributed by atoms with Crippen LogP contribution >= 0.6 is 12.4 Å². The minimum atomic E-state index is -0.378. The molecule has 6 nitrogen and oxygen atoms in total. The molecule has 0 fully saturated rings. The van der Waals surface area contributed by atoms with E-state index in [2.05, 4.69) is 15.3 Å². The van der Waals surface area contributed by atoms with Gasteiger partial charge < -0.3 is 19.5 Å². The molecule has 0 saturated carbocycles. The van der Waals surface area contributed by atoms with Gasteiger partial charge in [-0.25, -0.2) is 14.4 Å². The van der Waals surface area contributed by atoms with Gasteiger partial charge in [0, 0.05) is 0 Å². The van der Waals surface area contributed by atoms with E-state index in [1.165, 1.54) is 33.7 Å². The number of benzene rings is 2. The van der Waals surface area contributed by atoms with Crippen molar-refractivity contribution in [2.75, 3.05) is 26.6 Å². The smallest absolute Gasteiger partial charge is 0.205 e. The molecular weight excluding hydrogens is 349 g/mol. The number of halogens is 2. The SMILES string of the molecule is COc1cc2c(Nc3ccccc3F)ncnc2c(OC)c1OC.Cl. The lowest BCUT2D eigenvalue weighted by atomic mass is 10.1. The van der Waals surface area contributed by atoms with Gasteiger partial charge in [0.25, 0.3) is 0 Å². The van der Waals surface area contributed by atoms with Gasteiger partial charge in [0.2, 0.25) is 5.75 Å². The van der Waals surface area contributed by atoms with Crippen LogP contribution in [0.3, 0.4) is 0 Å². The summed E-state index contributed by atoms with van der Waals surface area (Å²) >= 11 is 0. The van der Waals surface area contributed by atoms with Crippen molar-refractivity contribution in [1.82, 2.24) is 9.97 Å². The molecule has 0 bridgehead atoms. The lowest BCUT2D eigenvalue weighted by Crippen LogP contribution is -2.01. The second kappa shape index (κ2) is 7.85. The minimum absolute atomic E-state index is 0. The fourth-order valence-corrected chi connectivity index (χ4v) is 2.45. The Balaban J connectivity index is 0.00000225. The number of nitrogens with one attached hydrogen (secondary N) is 1. The third kappa shape index (κ3) is 3.36. The minimum Gasteiger partial charge on any atom is -0.493 e. The monoisotopic (exact) mass is 365 g/mol. The van der Waals surface area contributed by atoms with Crippen LogP contribution in [0.15, 0.2) is 36.7 Å². The topological polar surface area (TPSA) is 65.5 Å². The number of ether oxygens (including phenoxy) is 3. The molecule has 0 spiro atoms. The van der Waals surface area contributed by atoms with Crippen molar-refractivity contribution in [2.45, 2.75) is 0 Å². The first-order chi connectivity index (χ1) is 11.7. The van der Waals surface area contributed by atoms with Gasteiger partial charge >= 0.3 is 0 Å². The normalized spacial score (nSPS) is 10.1. The average molecular weight is 366 g/mol. The molecule has 2 aromatic carbocycles. The van der Waals surface area contributed by atoms with Crippen LogP contribution in [0.2, 0.25) is 0 Å². The van der Waals surface area contributed by atoms with E-state index in [1.54, 1.807) is 24.3 Å². The highest BCUT2D eigenvalue weighted by atomic mass is 35.5. The van der Waals surface area contributed by atoms with Gasteiger partial charge in [-0.3, -0.25) is 0 Å². The Labute approximate surface area is 150 Å². The van der Waals surface area contributed by atoms with E-state index >= 15 is 0 Å². The molecule has 0 aliphatic rings. The van der Waals surface area contributed by atoms with Crippen molar-refractivity contribution in [3.63, 3.8) is 0 Å². The van der Waals surface area contributed by atoms with Gasteiger partial charge in [-0.05, 0) is 18.2 Å². The summed E-state index contributed by atoms with van der Waals surface area (Å²) in [5.41, 5.74) is 0.843. The molecule has 1 aromatic heterocycles. The molecule has 0 radical (unpaired) electrons. The Morgan fingerprint density at radius 1 is 0.960 bits per heavy atom. The lowest BCUT2D eigenvalue weighted by molar-refractivity contribution is 0.327. The maximum Gasteiger partial charge on any atom is 0.205 e. The highest BCUT2D eigenvalue weighted by molar-refractivity contribution is 5.97. The van der Waals surface area contributed by atoms with E-state index in [9.17, 15) is 4.39 Å². The molecule has 0 unspecified atom stereocenters. The third-order valence-corrected chi connectivity index (χ3v) is 3.56. The first-order valence-electron chi connectivity index (χ1n) is 7.14. The molecular formula is C17H17ClFN3O3. The van der Waals surface area contributed by atoms with Gasteiger partial charge in [-0.2, -0.15) is 0 Å². The third-order valence-electron chi connectivity index (χ3n) is 3.56. The highest BCUT2D eigenvalue weighted by Gasteiger charge is 2.19. The van der Waals surface area contributed by atoms with Crippen LogP contribution in [-0.4, -0.2) is 31.3 Å². The number of rotatable bonds is 5. The molecule has 0 amide bonds. The van der Waals surface area contributed by atoms with Gasteiger partial charge in [0.15, 0.2) is 11.5 Å². The van der Waals surface area contributed by atoms with E-state index in [-0.39, 0.29) is 18.2 Å². The molecule has 0 aliphatic carbocycles. The zero-order chi connectivity index (χ0) is 17.1. The second-order valence-electron chi connectivity index (χ2n) is 4.87. The fraction of sp³-hybridized carbons (Fsp3) is 0.176. The van der Waals surface area contributed by atoms with E-state index in [1.807, 2.05) is 0 Å². The molecule has 25 heavy (non-hydrogen) atoms. The molecule has 3 aromatic rings. The molecule has 8 heteroatoms. The first-order valence-corrected chi connectivity index (χ1v) is 7.14. The Hall–Kier alpha value is -2.80. The standard InChI is InChI=1S/C17H16FN3O3.ClH/c1-22-13-8-10-14(16(24-3)15(13)23-2)19-9-20-17(10)21-12-7-5-4-6-11(12)18;/h4-9H,1-3H3,(H,19,20,21);1H. The number of methoxy groups -OCH3 is 3. The van der Waals surface area contributed by atoms with E-state index in [4.69, 9.17) is 14.2 Å². The summed E-state index contributed by atoms with van der Waals surface area (Å²) in [6.07, 6.45) is 1.37. The summed E-state index contributed by atoms with van der Waals surface area (Å²) in [6, 6.07) is 8.07. The number of nitrogens with zero attached hydrogens (tertiary/aromatic N) is 2. The maximum atomic E-state index is 13.9. The summed E-state index contributed by atoms with van der Waals surface area (Å²) in [7, 11) is 4.56. The van der Waals surface area contributed by atoms with Gasteiger partial charge in [0.05, 0.1) is 32.4 Å². The van der Waals surface area contributed by atoms with Crippen LogP contribution < -0.4 is 19.5 Å². The van der Waals surface area contributed by atoms with Crippen LogP contribution in [0.4, 0.5) is 15.9 Å². The summed E-state index contributed by atoms with van der Waals surface area (Å²) in [5, 5.41) is 3.60. The Morgan fingerprint density at radius 2 is 1.68 bits per heavy atom. The zero-order valence-electron chi connectivity index (χ0n) is 13.9. The number of hydrogen-bond donors (Lipinski definition) is 1. The van der Waals surface area contributed by atoms with Crippen LogP contribution in [-0.2, 0) is 0 Å². The summed E-state index contributed by atoms with van der Waals surface area (Å²) < 4.78 is 30.0. The number of aromatic nitrogens is 2. The lowest BCUT2D eigenvalue weighted by Gasteiger charge is -2.16. The van der Waals surface area contributed by atoms with Gasteiger partial charge in [0.1, 0.15) is 23.5 Å². The van der Waals surface area contributed by atoms with Crippen LogP contribution in [0.5, 0.6) is 17.2 Å². The van der Waals surface area contributed by atoms with Crippen LogP contribution in [0.1, 0.15) is 0 Å². The Bertz CT molecular complexity index is 892. The molecule has 0 atom stereocenters. The number of fused-ring (bicyclic) bond motifs is 1. The number of anilines is 2. The molecule has 0 aliphatic heterocycles. The van der Waals surface area contributed by atoms with Crippen molar-refractivity contribution >= 4 is 34.8 Å². The number of para-hydroxylation sites is 1. The van der Waals surface area contributed by atoms with Crippen molar-refractivity contribution in [1.29, 1.82) is 0 Å². The average Bonchev–Trinajstić information content (AvgIpc) is 2.62. The summed E-state index contributed by atoms with van der Waals surface area (Å²) in [4.78, 5) is 8.46. The van der Waals surface area contributed by atoms with Crippen molar-refractivity contribution in [3.8, 4) is 17.2 Å². The Morgan fingerprint density at radius 3 is 2.32 bits per heavy atom. The molecule has 3 rings (SSSR count). The van der Waals surface area contributed by atoms with E-state index < -0.39 is 0 Å².